The van der Waals surface area contributed by atoms with Gasteiger partial charge in [-0.3, -0.25) is 4.98 Å². The Morgan fingerprint density at radius 2 is 1.86 bits per heavy atom. The van der Waals surface area contributed by atoms with Gasteiger partial charge in [0.15, 0.2) is 0 Å². The van der Waals surface area contributed by atoms with Gasteiger partial charge in [-0.2, -0.15) is 0 Å². The molecule has 0 saturated carbocycles. The van der Waals surface area contributed by atoms with Gasteiger partial charge in [0.25, 0.3) is 0 Å². The molecule has 0 aliphatic carbocycles. The smallest absolute Gasteiger partial charge is 0.141 e. The van der Waals surface area contributed by atoms with E-state index in [1.54, 1.807) is 0 Å². The van der Waals surface area contributed by atoms with E-state index in [0.717, 1.165) is 35.5 Å². The molecule has 0 spiro atoms. The van der Waals surface area contributed by atoms with Crippen LogP contribution in [-0.4, -0.2) is 11.0 Å². The summed E-state index contributed by atoms with van der Waals surface area (Å²) in [5.74, 6) is 0.834. The second-order valence-corrected chi connectivity index (χ2v) is 5.44. The van der Waals surface area contributed by atoms with Crippen molar-refractivity contribution in [2.45, 2.75) is 45.8 Å². The first-order valence-electron chi connectivity index (χ1n) is 7.53. The minimum absolute atomic E-state index is 0.00712. The molecule has 0 bridgehead atoms. The molecule has 2 N–H and O–H groups in total. The molecule has 2 aromatic rings. The van der Waals surface area contributed by atoms with Crippen LogP contribution in [0.15, 0.2) is 42.5 Å². The van der Waals surface area contributed by atoms with E-state index in [-0.39, 0.29) is 12.1 Å². The highest BCUT2D eigenvalue weighted by atomic mass is 16.5. The predicted octanol–water partition coefficient (Wildman–Crippen LogP) is 3.81. The first-order valence-corrected chi connectivity index (χ1v) is 7.53. The zero-order valence-electron chi connectivity index (χ0n) is 13.0. The zero-order chi connectivity index (χ0) is 15.2. The first kappa shape index (κ1) is 15.5. The van der Waals surface area contributed by atoms with Crippen molar-refractivity contribution in [3.8, 4) is 5.75 Å². The van der Waals surface area contributed by atoms with Crippen molar-refractivity contribution in [3.63, 3.8) is 0 Å². The fraction of sp³-hybridized carbons (Fsp3) is 0.389. The van der Waals surface area contributed by atoms with Crippen molar-refractivity contribution in [2.24, 2.45) is 5.73 Å². The van der Waals surface area contributed by atoms with Crippen molar-refractivity contribution in [1.82, 2.24) is 4.98 Å². The number of hydrogen-bond donors (Lipinski definition) is 1. The van der Waals surface area contributed by atoms with E-state index in [4.69, 9.17) is 10.5 Å². The quantitative estimate of drug-likeness (QED) is 0.877. The molecule has 3 nitrogen and oxygen atoms in total. The van der Waals surface area contributed by atoms with Crippen LogP contribution >= 0.6 is 0 Å². The summed E-state index contributed by atoms with van der Waals surface area (Å²) in [6.45, 7) is 6.14. The predicted molar refractivity (Wildman–Crippen MR) is 86.4 cm³/mol. The van der Waals surface area contributed by atoms with Crippen molar-refractivity contribution in [3.05, 3.63) is 59.4 Å². The average molecular weight is 284 g/mol. The van der Waals surface area contributed by atoms with E-state index in [1.807, 2.05) is 37.3 Å². The molecule has 0 radical (unpaired) electrons. The molecule has 112 valence electrons. The van der Waals surface area contributed by atoms with E-state index in [1.165, 1.54) is 0 Å². The maximum absolute atomic E-state index is 6.11. The summed E-state index contributed by atoms with van der Waals surface area (Å²) in [4.78, 5) is 4.60. The molecule has 3 heteroatoms. The zero-order valence-corrected chi connectivity index (χ0v) is 13.0. The number of nitrogens with zero attached hydrogens (tertiary/aromatic N) is 1. The summed E-state index contributed by atoms with van der Waals surface area (Å²) in [5.41, 5.74) is 9.17. The van der Waals surface area contributed by atoms with Crippen molar-refractivity contribution >= 4 is 0 Å². The fourth-order valence-electron chi connectivity index (χ4n) is 2.23. The van der Waals surface area contributed by atoms with E-state index < -0.39 is 0 Å². The van der Waals surface area contributed by atoms with Gasteiger partial charge < -0.3 is 10.5 Å². The van der Waals surface area contributed by atoms with Gasteiger partial charge in [0.05, 0.1) is 5.69 Å². The SMILES string of the molecule is CCC(N)Cc1nc(C)ccc1OC(C)c1ccccc1. The third-order valence-electron chi connectivity index (χ3n) is 3.62. The van der Waals surface area contributed by atoms with Crippen molar-refractivity contribution in [1.29, 1.82) is 0 Å². The van der Waals surface area contributed by atoms with Gasteiger partial charge >= 0.3 is 0 Å². The lowest BCUT2D eigenvalue weighted by Crippen LogP contribution is -2.22. The molecule has 2 rings (SSSR count). The van der Waals surface area contributed by atoms with Crippen LogP contribution in [0.5, 0.6) is 5.75 Å². The van der Waals surface area contributed by atoms with Crippen LogP contribution in [0.2, 0.25) is 0 Å². The maximum atomic E-state index is 6.11. The van der Waals surface area contributed by atoms with E-state index in [9.17, 15) is 0 Å². The summed E-state index contributed by atoms with van der Waals surface area (Å²) in [7, 11) is 0. The van der Waals surface area contributed by atoms with Crippen LogP contribution in [0.25, 0.3) is 0 Å². The van der Waals surface area contributed by atoms with Gasteiger partial charge in [0, 0.05) is 18.2 Å². The highest BCUT2D eigenvalue weighted by molar-refractivity contribution is 5.31. The first-order chi connectivity index (χ1) is 10.1. The van der Waals surface area contributed by atoms with Gasteiger partial charge in [0.1, 0.15) is 11.9 Å². The molecule has 0 fully saturated rings. The second-order valence-electron chi connectivity index (χ2n) is 5.44. The maximum Gasteiger partial charge on any atom is 0.141 e. The molecule has 1 aromatic carbocycles. The Balaban J connectivity index is 2.19. The summed E-state index contributed by atoms with van der Waals surface area (Å²) < 4.78 is 6.11. The van der Waals surface area contributed by atoms with Gasteiger partial charge in [-0.25, -0.2) is 0 Å². The standard InChI is InChI=1S/C18H24N2O/c1-4-16(19)12-17-18(11-10-13(2)20-17)21-14(3)15-8-6-5-7-9-15/h5-11,14,16H,4,12,19H2,1-3H3. The lowest BCUT2D eigenvalue weighted by Gasteiger charge is -2.19. The Morgan fingerprint density at radius 3 is 2.52 bits per heavy atom. The number of hydrogen-bond acceptors (Lipinski definition) is 3. The largest absolute Gasteiger partial charge is 0.484 e. The average Bonchev–Trinajstić information content (AvgIpc) is 2.50. The number of aromatic nitrogens is 1. The normalized spacial score (nSPS) is 13.7. The minimum Gasteiger partial charge on any atom is -0.484 e. The van der Waals surface area contributed by atoms with Crippen LogP contribution in [0.3, 0.4) is 0 Å². The highest BCUT2D eigenvalue weighted by Crippen LogP contribution is 2.25. The topological polar surface area (TPSA) is 48.1 Å². The summed E-state index contributed by atoms with van der Waals surface area (Å²) >= 11 is 0. The van der Waals surface area contributed by atoms with Crippen molar-refractivity contribution < 1.29 is 4.74 Å². The molecule has 0 saturated heterocycles. The summed E-state index contributed by atoms with van der Waals surface area (Å²) in [6, 6.07) is 14.3. The molecule has 0 amide bonds. The molecular formula is C18H24N2O. The molecule has 0 aliphatic heterocycles. The Bertz CT molecular complexity index is 569. The number of pyridine rings is 1. The minimum atomic E-state index is -0.00712. The number of rotatable bonds is 6. The van der Waals surface area contributed by atoms with E-state index in [0.29, 0.717) is 0 Å². The number of aryl methyl sites for hydroxylation is 1. The van der Waals surface area contributed by atoms with Gasteiger partial charge in [-0.1, -0.05) is 37.3 Å². The van der Waals surface area contributed by atoms with Crippen LogP contribution < -0.4 is 10.5 Å². The van der Waals surface area contributed by atoms with Crippen LogP contribution in [0.1, 0.15) is 43.3 Å². The fourth-order valence-corrected chi connectivity index (χ4v) is 2.23. The van der Waals surface area contributed by atoms with E-state index >= 15 is 0 Å². The molecule has 2 atom stereocenters. The van der Waals surface area contributed by atoms with Gasteiger partial charge in [-0.05, 0) is 38.0 Å². The van der Waals surface area contributed by atoms with Crippen molar-refractivity contribution in [2.75, 3.05) is 0 Å². The molecular weight excluding hydrogens is 260 g/mol. The molecule has 2 unspecified atom stereocenters. The number of benzene rings is 1. The molecule has 0 aliphatic rings. The number of nitrogens with two attached hydrogens (primary N) is 1. The van der Waals surface area contributed by atoms with Gasteiger partial charge in [0.2, 0.25) is 0 Å². The highest BCUT2D eigenvalue weighted by Gasteiger charge is 2.13. The molecule has 21 heavy (non-hydrogen) atoms. The monoisotopic (exact) mass is 284 g/mol. The van der Waals surface area contributed by atoms with Gasteiger partial charge in [-0.15, -0.1) is 0 Å². The Hall–Kier alpha value is -1.87. The second kappa shape index (κ2) is 7.23. The lowest BCUT2D eigenvalue weighted by molar-refractivity contribution is 0.223. The summed E-state index contributed by atoms with van der Waals surface area (Å²) in [5, 5.41) is 0. The Labute approximate surface area is 127 Å². The Kier molecular flexibility index (Phi) is 5.34. The third-order valence-corrected chi connectivity index (χ3v) is 3.62. The lowest BCUT2D eigenvalue weighted by atomic mass is 10.1. The van der Waals surface area contributed by atoms with E-state index in [2.05, 4.69) is 31.0 Å². The molecule has 1 heterocycles. The van der Waals surface area contributed by atoms with Crippen LogP contribution in [0.4, 0.5) is 0 Å². The van der Waals surface area contributed by atoms with Crippen LogP contribution in [-0.2, 0) is 6.42 Å². The molecule has 1 aromatic heterocycles. The summed E-state index contributed by atoms with van der Waals surface area (Å²) in [6.07, 6.45) is 1.67. The third kappa shape index (κ3) is 4.30. The number of ether oxygens (including phenoxy) is 1. The Morgan fingerprint density at radius 1 is 1.14 bits per heavy atom. The van der Waals surface area contributed by atoms with Crippen LogP contribution in [0, 0.1) is 6.92 Å².